The second-order valence-corrected chi connectivity index (χ2v) is 6.45. The van der Waals surface area contributed by atoms with E-state index in [0.29, 0.717) is 5.11 Å². The van der Waals surface area contributed by atoms with Gasteiger partial charge in [-0.2, -0.15) is 0 Å². The molecule has 1 unspecified atom stereocenters. The first-order chi connectivity index (χ1) is 12.1. The molecule has 0 amide bonds. The topological polar surface area (TPSA) is 37.0 Å². The average molecular weight is 347 g/mol. The van der Waals surface area contributed by atoms with Gasteiger partial charge in [0.2, 0.25) is 0 Å². The number of aromatic nitrogens is 1. The molecule has 3 aromatic rings. The zero-order valence-corrected chi connectivity index (χ0v) is 15.2. The second-order valence-electron chi connectivity index (χ2n) is 6.04. The molecule has 0 aliphatic heterocycles. The second kappa shape index (κ2) is 7.90. The van der Waals surface area contributed by atoms with Gasteiger partial charge in [-0.25, -0.2) is 0 Å². The SMILES string of the molecule is Cc1ccc(C(NC(=S)Nc2ccncc2)c2ccccc2)c(C)c1. The first-order valence-corrected chi connectivity index (χ1v) is 8.64. The minimum atomic E-state index is -0.0105. The standard InChI is InChI=1S/C21H21N3S/c1-15-8-9-19(16(2)14-15)20(17-6-4-3-5-7-17)24-21(25)23-18-10-12-22-13-11-18/h3-14,20H,1-2H3,(H2,22,23,24,25). The van der Waals surface area contributed by atoms with Crippen molar-refractivity contribution in [3.63, 3.8) is 0 Å². The Balaban J connectivity index is 1.88. The fraction of sp³-hybridized carbons (Fsp3) is 0.143. The van der Waals surface area contributed by atoms with Gasteiger partial charge in [0.25, 0.3) is 0 Å². The van der Waals surface area contributed by atoms with E-state index in [9.17, 15) is 0 Å². The van der Waals surface area contributed by atoms with Gasteiger partial charge < -0.3 is 10.6 Å². The van der Waals surface area contributed by atoms with Crippen LogP contribution in [0.3, 0.4) is 0 Å². The van der Waals surface area contributed by atoms with Crippen molar-refractivity contribution in [1.82, 2.24) is 10.3 Å². The fourth-order valence-corrected chi connectivity index (χ4v) is 3.10. The molecule has 4 heteroatoms. The molecular formula is C21H21N3S. The summed E-state index contributed by atoms with van der Waals surface area (Å²) >= 11 is 5.54. The summed E-state index contributed by atoms with van der Waals surface area (Å²) in [5.74, 6) is 0. The number of anilines is 1. The van der Waals surface area contributed by atoms with Gasteiger partial charge in [0, 0.05) is 18.1 Å². The van der Waals surface area contributed by atoms with Crippen molar-refractivity contribution >= 4 is 23.0 Å². The summed E-state index contributed by atoms with van der Waals surface area (Å²) in [6.45, 7) is 4.25. The van der Waals surface area contributed by atoms with Crippen LogP contribution in [0.5, 0.6) is 0 Å². The Morgan fingerprint density at radius 1 is 0.960 bits per heavy atom. The normalized spacial score (nSPS) is 11.6. The van der Waals surface area contributed by atoms with Crippen LogP contribution in [-0.2, 0) is 0 Å². The number of hydrogen-bond donors (Lipinski definition) is 2. The lowest BCUT2D eigenvalue weighted by Gasteiger charge is -2.24. The van der Waals surface area contributed by atoms with Crippen molar-refractivity contribution < 1.29 is 0 Å². The van der Waals surface area contributed by atoms with Crippen molar-refractivity contribution in [2.45, 2.75) is 19.9 Å². The van der Waals surface area contributed by atoms with Gasteiger partial charge in [-0.15, -0.1) is 0 Å². The molecule has 126 valence electrons. The Bertz CT molecular complexity index is 848. The molecule has 2 aromatic carbocycles. The molecule has 1 heterocycles. The number of nitrogens with one attached hydrogen (secondary N) is 2. The third-order valence-electron chi connectivity index (χ3n) is 4.08. The highest BCUT2D eigenvalue weighted by Gasteiger charge is 2.17. The highest BCUT2D eigenvalue weighted by Crippen LogP contribution is 2.26. The molecule has 25 heavy (non-hydrogen) atoms. The van der Waals surface area contributed by atoms with Gasteiger partial charge >= 0.3 is 0 Å². The maximum Gasteiger partial charge on any atom is 0.171 e. The number of thiocarbonyl (C=S) groups is 1. The van der Waals surface area contributed by atoms with Crippen LogP contribution in [-0.4, -0.2) is 10.1 Å². The van der Waals surface area contributed by atoms with E-state index in [2.05, 4.69) is 59.8 Å². The average Bonchev–Trinajstić information content (AvgIpc) is 2.62. The maximum absolute atomic E-state index is 5.54. The molecule has 0 aliphatic rings. The Labute approximate surface area is 154 Å². The smallest absolute Gasteiger partial charge is 0.171 e. The number of benzene rings is 2. The van der Waals surface area contributed by atoms with Crippen LogP contribution in [0, 0.1) is 13.8 Å². The first-order valence-electron chi connectivity index (χ1n) is 8.23. The van der Waals surface area contributed by atoms with Gasteiger partial charge in [0.1, 0.15) is 0 Å². The molecule has 0 spiro atoms. The molecule has 0 radical (unpaired) electrons. The lowest BCUT2D eigenvalue weighted by molar-refractivity contribution is 0.762. The highest BCUT2D eigenvalue weighted by molar-refractivity contribution is 7.80. The van der Waals surface area contributed by atoms with Crippen LogP contribution in [0.1, 0.15) is 28.3 Å². The van der Waals surface area contributed by atoms with Gasteiger partial charge in [-0.3, -0.25) is 4.98 Å². The number of hydrogen-bond acceptors (Lipinski definition) is 2. The fourth-order valence-electron chi connectivity index (χ4n) is 2.87. The molecule has 1 aromatic heterocycles. The summed E-state index contributed by atoms with van der Waals surface area (Å²) in [5, 5.41) is 7.26. The predicted molar refractivity (Wildman–Crippen MR) is 108 cm³/mol. The summed E-state index contributed by atoms with van der Waals surface area (Å²) in [6, 6.07) is 20.6. The van der Waals surface area contributed by atoms with Gasteiger partial charge in [0.05, 0.1) is 6.04 Å². The molecule has 0 fully saturated rings. The van der Waals surface area contributed by atoms with Gasteiger partial charge in [-0.1, -0.05) is 54.1 Å². The number of nitrogens with zero attached hydrogens (tertiary/aromatic N) is 1. The maximum atomic E-state index is 5.54. The first kappa shape index (κ1) is 17.1. The Hall–Kier alpha value is -2.72. The van der Waals surface area contributed by atoms with Gasteiger partial charge in [0.15, 0.2) is 5.11 Å². The third-order valence-corrected chi connectivity index (χ3v) is 4.30. The Kier molecular flexibility index (Phi) is 5.41. The van der Waals surface area contributed by atoms with Crippen molar-refractivity contribution in [1.29, 1.82) is 0 Å². The van der Waals surface area contributed by atoms with Crippen LogP contribution >= 0.6 is 12.2 Å². The van der Waals surface area contributed by atoms with E-state index in [0.717, 1.165) is 5.69 Å². The van der Waals surface area contributed by atoms with Crippen LogP contribution in [0.2, 0.25) is 0 Å². The lowest BCUT2D eigenvalue weighted by atomic mass is 9.94. The van der Waals surface area contributed by atoms with E-state index in [1.807, 2.05) is 30.3 Å². The van der Waals surface area contributed by atoms with Crippen molar-refractivity contribution in [2.24, 2.45) is 0 Å². The molecule has 1 atom stereocenters. The predicted octanol–water partition coefficient (Wildman–Crippen LogP) is 4.77. The van der Waals surface area contributed by atoms with Crippen LogP contribution < -0.4 is 10.6 Å². The zero-order valence-electron chi connectivity index (χ0n) is 14.4. The number of aryl methyl sites for hydroxylation is 2. The monoisotopic (exact) mass is 347 g/mol. The van der Waals surface area contributed by atoms with Crippen molar-refractivity contribution in [3.8, 4) is 0 Å². The largest absolute Gasteiger partial charge is 0.352 e. The highest BCUT2D eigenvalue weighted by atomic mass is 32.1. The summed E-state index contributed by atoms with van der Waals surface area (Å²) in [4.78, 5) is 4.02. The summed E-state index contributed by atoms with van der Waals surface area (Å²) in [6.07, 6.45) is 3.48. The number of pyridine rings is 1. The zero-order chi connectivity index (χ0) is 17.6. The summed E-state index contributed by atoms with van der Waals surface area (Å²) in [7, 11) is 0. The third kappa shape index (κ3) is 4.43. The van der Waals surface area contributed by atoms with Gasteiger partial charge in [-0.05, 0) is 54.9 Å². The number of rotatable bonds is 4. The Morgan fingerprint density at radius 3 is 2.36 bits per heavy atom. The van der Waals surface area contributed by atoms with E-state index in [1.54, 1.807) is 12.4 Å². The van der Waals surface area contributed by atoms with Crippen LogP contribution in [0.15, 0.2) is 73.1 Å². The molecular weight excluding hydrogens is 326 g/mol. The van der Waals surface area contributed by atoms with E-state index in [1.165, 1.54) is 22.3 Å². The minimum absolute atomic E-state index is 0.0105. The molecule has 3 rings (SSSR count). The van der Waals surface area contributed by atoms with E-state index in [-0.39, 0.29) is 6.04 Å². The molecule has 0 saturated carbocycles. The molecule has 0 aliphatic carbocycles. The minimum Gasteiger partial charge on any atom is -0.352 e. The summed E-state index contributed by atoms with van der Waals surface area (Å²) in [5.41, 5.74) is 5.81. The molecule has 2 N–H and O–H groups in total. The lowest BCUT2D eigenvalue weighted by Crippen LogP contribution is -2.33. The molecule has 3 nitrogen and oxygen atoms in total. The molecule has 0 bridgehead atoms. The van der Waals surface area contributed by atoms with E-state index < -0.39 is 0 Å². The van der Waals surface area contributed by atoms with E-state index in [4.69, 9.17) is 12.2 Å². The van der Waals surface area contributed by atoms with Crippen molar-refractivity contribution in [3.05, 3.63) is 95.3 Å². The molecule has 0 saturated heterocycles. The summed E-state index contributed by atoms with van der Waals surface area (Å²) < 4.78 is 0. The van der Waals surface area contributed by atoms with Crippen LogP contribution in [0.4, 0.5) is 5.69 Å². The Morgan fingerprint density at radius 2 is 1.68 bits per heavy atom. The van der Waals surface area contributed by atoms with Crippen molar-refractivity contribution in [2.75, 3.05) is 5.32 Å². The quantitative estimate of drug-likeness (QED) is 0.666. The van der Waals surface area contributed by atoms with Crippen LogP contribution in [0.25, 0.3) is 0 Å². The van der Waals surface area contributed by atoms with E-state index >= 15 is 0 Å².